The van der Waals surface area contributed by atoms with E-state index in [1.54, 1.807) is 0 Å². The van der Waals surface area contributed by atoms with Crippen LogP contribution in [0.15, 0.2) is 72.9 Å². The predicted molar refractivity (Wildman–Crippen MR) is 288 cm³/mol. The van der Waals surface area contributed by atoms with Crippen molar-refractivity contribution in [3.63, 3.8) is 0 Å². The van der Waals surface area contributed by atoms with E-state index < -0.39 is 6.10 Å². The van der Waals surface area contributed by atoms with Gasteiger partial charge >= 0.3 is 17.9 Å². The number of ether oxygens (including phenoxy) is 3. The van der Waals surface area contributed by atoms with Gasteiger partial charge in [-0.15, -0.1) is 0 Å². The fraction of sp³-hybridized carbons (Fsp3) is 0.754. The van der Waals surface area contributed by atoms with Gasteiger partial charge in [-0.25, -0.2) is 0 Å². The molecule has 0 aliphatic rings. The van der Waals surface area contributed by atoms with E-state index in [0.29, 0.717) is 19.3 Å². The van der Waals surface area contributed by atoms with Crippen molar-refractivity contribution in [1.29, 1.82) is 0 Å². The first-order chi connectivity index (χ1) is 33.0. The molecule has 0 amide bonds. The van der Waals surface area contributed by atoms with Crippen LogP contribution in [0.5, 0.6) is 0 Å². The molecule has 0 bridgehead atoms. The quantitative estimate of drug-likeness (QED) is 0.0262. The molecule has 6 nitrogen and oxygen atoms in total. The molecular formula is C61H106O6. The summed E-state index contributed by atoms with van der Waals surface area (Å²) in [5.41, 5.74) is 0. The zero-order valence-corrected chi connectivity index (χ0v) is 44.2. The lowest BCUT2D eigenvalue weighted by atomic mass is 10.0. The lowest BCUT2D eigenvalue weighted by Gasteiger charge is -2.18. The second-order valence-corrected chi connectivity index (χ2v) is 18.8. The smallest absolute Gasteiger partial charge is 0.306 e. The third-order valence-corrected chi connectivity index (χ3v) is 12.2. The predicted octanol–water partition coefficient (Wildman–Crippen LogP) is 19.0. The van der Waals surface area contributed by atoms with Crippen molar-refractivity contribution in [2.45, 2.75) is 284 Å². The molecule has 0 N–H and O–H groups in total. The third kappa shape index (κ3) is 53.7. The minimum atomic E-state index is -0.807. The molecule has 0 saturated carbocycles. The highest BCUT2D eigenvalue weighted by molar-refractivity contribution is 5.71. The van der Waals surface area contributed by atoms with E-state index in [1.807, 2.05) is 0 Å². The van der Waals surface area contributed by atoms with Gasteiger partial charge in [0.05, 0.1) is 0 Å². The van der Waals surface area contributed by atoms with Crippen LogP contribution in [0.1, 0.15) is 278 Å². The first-order valence-electron chi connectivity index (χ1n) is 28.4. The summed E-state index contributed by atoms with van der Waals surface area (Å²) in [5.74, 6) is -0.957. The molecule has 0 radical (unpaired) electrons. The average Bonchev–Trinajstić information content (AvgIpc) is 3.33. The van der Waals surface area contributed by atoms with E-state index in [0.717, 1.165) is 83.5 Å². The van der Waals surface area contributed by atoms with Gasteiger partial charge < -0.3 is 14.2 Å². The monoisotopic (exact) mass is 935 g/mol. The van der Waals surface area contributed by atoms with E-state index in [1.165, 1.54) is 148 Å². The molecule has 0 rings (SSSR count). The van der Waals surface area contributed by atoms with Gasteiger partial charge in [-0.2, -0.15) is 0 Å². The van der Waals surface area contributed by atoms with E-state index >= 15 is 0 Å². The van der Waals surface area contributed by atoms with Gasteiger partial charge in [0.2, 0.25) is 0 Å². The Hall–Kier alpha value is -3.15. The van der Waals surface area contributed by atoms with Crippen molar-refractivity contribution >= 4 is 17.9 Å². The Bertz CT molecular complexity index is 1260. The maximum atomic E-state index is 12.8. The Morgan fingerprint density at radius 3 is 0.970 bits per heavy atom. The van der Waals surface area contributed by atoms with E-state index in [-0.39, 0.29) is 37.5 Å². The second-order valence-electron chi connectivity index (χ2n) is 18.8. The topological polar surface area (TPSA) is 78.9 Å². The minimum absolute atomic E-state index is 0.0982. The number of allylic oxidation sites excluding steroid dienone is 12. The zero-order valence-electron chi connectivity index (χ0n) is 44.2. The Kier molecular flexibility index (Phi) is 52.8. The molecule has 386 valence electrons. The lowest BCUT2D eigenvalue weighted by molar-refractivity contribution is -0.167. The van der Waals surface area contributed by atoms with Gasteiger partial charge in [0.15, 0.2) is 6.10 Å². The summed E-state index contributed by atoms with van der Waals surface area (Å²) in [6.07, 6.45) is 70.4. The largest absolute Gasteiger partial charge is 0.462 e. The molecule has 0 aromatic heterocycles. The van der Waals surface area contributed by atoms with Gasteiger partial charge in [-0.1, -0.05) is 248 Å². The molecule has 1 unspecified atom stereocenters. The van der Waals surface area contributed by atoms with Crippen molar-refractivity contribution in [2.75, 3.05) is 13.2 Å². The fourth-order valence-corrected chi connectivity index (χ4v) is 7.94. The molecule has 0 aromatic rings. The Morgan fingerprint density at radius 1 is 0.313 bits per heavy atom. The van der Waals surface area contributed by atoms with E-state index in [2.05, 4.69) is 93.7 Å². The maximum Gasteiger partial charge on any atom is 0.306 e. The number of hydrogen-bond donors (Lipinski definition) is 0. The second kappa shape index (κ2) is 55.4. The first-order valence-corrected chi connectivity index (χ1v) is 28.4. The van der Waals surface area contributed by atoms with Crippen molar-refractivity contribution in [1.82, 2.24) is 0 Å². The highest BCUT2D eigenvalue weighted by Crippen LogP contribution is 2.16. The summed E-state index contributed by atoms with van der Waals surface area (Å²) in [6.45, 7) is 6.49. The number of hydrogen-bond acceptors (Lipinski definition) is 6. The number of esters is 3. The van der Waals surface area contributed by atoms with E-state index in [9.17, 15) is 14.4 Å². The van der Waals surface area contributed by atoms with Crippen LogP contribution < -0.4 is 0 Å². The van der Waals surface area contributed by atoms with Gasteiger partial charge in [0.1, 0.15) is 13.2 Å². The number of unbranched alkanes of at least 4 members (excludes halogenated alkanes) is 28. The zero-order chi connectivity index (χ0) is 48.6. The Morgan fingerprint density at radius 2 is 0.597 bits per heavy atom. The third-order valence-electron chi connectivity index (χ3n) is 12.2. The summed E-state index contributed by atoms with van der Waals surface area (Å²) in [6, 6.07) is 0. The molecule has 0 spiro atoms. The normalized spacial score (nSPS) is 12.6. The van der Waals surface area contributed by atoms with Crippen LogP contribution in [0, 0.1) is 0 Å². The minimum Gasteiger partial charge on any atom is -0.462 e. The summed E-state index contributed by atoms with van der Waals surface area (Å²) in [7, 11) is 0. The van der Waals surface area contributed by atoms with Gasteiger partial charge in [-0.3, -0.25) is 14.4 Å². The standard InChI is InChI=1S/C61H106O6/c1-4-7-10-13-16-19-22-25-28-30-32-33-36-39-42-45-48-51-54-60(63)66-57-58(56-65-59(62)53-50-47-44-41-38-35-27-24-21-18-15-12-9-6-3)67-61(64)55-52-49-46-43-40-37-34-31-29-26-23-20-17-14-11-8-5-2/h8,11,17,20,24,26-27,29,34,37,43,46,58H,4-7,9-10,12-16,18-19,21-23,25,28,30-33,35-36,38-42,44-45,47-57H2,1-3H3/b11-8-,20-17-,27-24-,29-26-,37-34-,46-43-. The van der Waals surface area contributed by atoms with Crippen molar-refractivity contribution in [3.8, 4) is 0 Å². The van der Waals surface area contributed by atoms with Crippen molar-refractivity contribution in [3.05, 3.63) is 72.9 Å². The van der Waals surface area contributed by atoms with Crippen LogP contribution in [-0.2, 0) is 28.6 Å². The fourth-order valence-electron chi connectivity index (χ4n) is 7.94. The van der Waals surface area contributed by atoms with Crippen LogP contribution in [0.4, 0.5) is 0 Å². The van der Waals surface area contributed by atoms with Gasteiger partial charge in [0, 0.05) is 19.3 Å². The van der Waals surface area contributed by atoms with Crippen molar-refractivity contribution in [2.24, 2.45) is 0 Å². The molecule has 67 heavy (non-hydrogen) atoms. The van der Waals surface area contributed by atoms with Crippen LogP contribution in [-0.4, -0.2) is 37.2 Å². The van der Waals surface area contributed by atoms with Crippen molar-refractivity contribution < 1.29 is 28.6 Å². The van der Waals surface area contributed by atoms with Crippen LogP contribution >= 0.6 is 0 Å². The molecule has 0 heterocycles. The Balaban J connectivity index is 4.45. The highest BCUT2D eigenvalue weighted by Gasteiger charge is 2.19. The summed E-state index contributed by atoms with van der Waals surface area (Å²) >= 11 is 0. The van der Waals surface area contributed by atoms with E-state index in [4.69, 9.17) is 14.2 Å². The molecule has 0 aliphatic heterocycles. The maximum absolute atomic E-state index is 12.8. The lowest BCUT2D eigenvalue weighted by Crippen LogP contribution is -2.30. The summed E-state index contributed by atoms with van der Waals surface area (Å²) < 4.78 is 16.8. The van der Waals surface area contributed by atoms with Crippen LogP contribution in [0.3, 0.4) is 0 Å². The molecular weight excluding hydrogens is 829 g/mol. The number of rotatable bonds is 51. The molecule has 6 heteroatoms. The molecule has 0 aromatic carbocycles. The average molecular weight is 936 g/mol. The molecule has 1 atom stereocenters. The number of carbonyl (C=O) groups excluding carboxylic acids is 3. The van der Waals surface area contributed by atoms with Crippen LogP contribution in [0.25, 0.3) is 0 Å². The highest BCUT2D eigenvalue weighted by atomic mass is 16.6. The summed E-state index contributed by atoms with van der Waals surface area (Å²) in [5, 5.41) is 0. The van der Waals surface area contributed by atoms with Crippen LogP contribution in [0.2, 0.25) is 0 Å². The molecule has 0 aliphatic carbocycles. The number of carbonyl (C=O) groups is 3. The summed E-state index contributed by atoms with van der Waals surface area (Å²) in [4.78, 5) is 38.1. The molecule has 0 fully saturated rings. The van der Waals surface area contributed by atoms with Gasteiger partial charge in [-0.05, 0) is 83.5 Å². The van der Waals surface area contributed by atoms with Gasteiger partial charge in [0.25, 0.3) is 0 Å². The molecule has 0 saturated heterocycles. The first kappa shape index (κ1) is 63.8. The SMILES string of the molecule is CC/C=C\C/C=C\C/C=C\C/C=C\C/C=C\CCCC(=O)OC(COC(=O)CCCCCCC/C=C\CCCCCCC)COC(=O)CCCCCCCCCCCCCCCCCCCC. The Labute approximate surface area is 414 Å².